The molecule has 6 nitrogen and oxygen atoms in total. The van der Waals surface area contributed by atoms with Crippen molar-refractivity contribution in [2.45, 2.75) is 84.9 Å². The molecule has 0 aromatic heterocycles. The molecule has 1 aliphatic carbocycles. The van der Waals surface area contributed by atoms with Crippen molar-refractivity contribution in [3.8, 4) is 0 Å². The lowest BCUT2D eigenvalue weighted by Gasteiger charge is -2.30. The molecule has 1 amide bonds. The molecule has 1 aliphatic rings. The van der Waals surface area contributed by atoms with E-state index in [1.165, 1.54) is 0 Å². The number of hydrogen-bond donors (Lipinski definition) is 3. The fourth-order valence-electron chi connectivity index (χ4n) is 3.51. The molecule has 27 heavy (non-hydrogen) atoms. The first-order valence-corrected chi connectivity index (χ1v) is 10.3. The number of rotatable bonds is 9. The average Bonchev–Trinajstić information content (AvgIpc) is 2.59. The summed E-state index contributed by atoms with van der Waals surface area (Å²) in [5.74, 6) is 1.61. The normalized spacial score (nSPS) is 21.6. The number of nitrogens with zero attached hydrogens (tertiary/aromatic N) is 1. The lowest BCUT2D eigenvalue weighted by atomic mass is 9.85. The van der Waals surface area contributed by atoms with E-state index in [0.717, 1.165) is 51.2 Å². The summed E-state index contributed by atoms with van der Waals surface area (Å²) in [6, 6.07) is 0.496. The van der Waals surface area contributed by atoms with Crippen molar-refractivity contribution in [2.75, 3.05) is 20.2 Å². The van der Waals surface area contributed by atoms with Gasteiger partial charge < -0.3 is 20.7 Å². The third-order valence-electron chi connectivity index (χ3n) is 4.89. The lowest BCUT2D eigenvalue weighted by Crippen LogP contribution is -2.48. The number of nitrogens with one attached hydrogen (secondary N) is 3. The molecule has 3 atom stereocenters. The Hall–Kier alpha value is -0.570. The number of aliphatic imine (C=N–C) groups is 1. The Labute approximate surface area is 183 Å². The summed E-state index contributed by atoms with van der Waals surface area (Å²) in [7, 11) is 1.80. The van der Waals surface area contributed by atoms with Gasteiger partial charge in [-0.25, -0.2) is 0 Å². The van der Waals surface area contributed by atoms with Gasteiger partial charge >= 0.3 is 0 Å². The molecule has 0 bridgehead atoms. The molecule has 1 fully saturated rings. The molecule has 3 N–H and O–H groups in total. The molecule has 160 valence electrons. The Kier molecular flexibility index (Phi) is 14.1. The fraction of sp³-hybridized carbons (Fsp3) is 0.900. The van der Waals surface area contributed by atoms with E-state index in [2.05, 4.69) is 34.8 Å². The summed E-state index contributed by atoms with van der Waals surface area (Å²) in [6.07, 6.45) is 5.23. The second kappa shape index (κ2) is 14.4. The third-order valence-corrected chi connectivity index (χ3v) is 4.89. The largest absolute Gasteiger partial charge is 0.378 e. The molecule has 0 aromatic rings. The molecule has 7 heteroatoms. The number of ether oxygens (including phenoxy) is 1. The zero-order chi connectivity index (χ0) is 19.5. The first-order chi connectivity index (χ1) is 12.4. The Morgan fingerprint density at radius 1 is 1.22 bits per heavy atom. The Bertz CT molecular complexity index is 444. The van der Waals surface area contributed by atoms with Crippen molar-refractivity contribution < 1.29 is 9.53 Å². The van der Waals surface area contributed by atoms with Crippen molar-refractivity contribution in [3.05, 3.63) is 0 Å². The van der Waals surface area contributed by atoms with Gasteiger partial charge in [-0.1, -0.05) is 20.3 Å². The molecule has 0 aromatic carbocycles. The smallest absolute Gasteiger partial charge is 0.223 e. The van der Waals surface area contributed by atoms with Crippen LogP contribution in [0.15, 0.2) is 4.99 Å². The predicted molar refractivity (Wildman–Crippen MR) is 124 cm³/mol. The number of guanidine groups is 1. The highest BCUT2D eigenvalue weighted by atomic mass is 127. The molecule has 0 heterocycles. The maximum atomic E-state index is 12.3. The van der Waals surface area contributed by atoms with Gasteiger partial charge in [-0.15, -0.1) is 24.0 Å². The number of hydrogen-bond acceptors (Lipinski definition) is 3. The molecule has 3 unspecified atom stereocenters. The van der Waals surface area contributed by atoms with Gasteiger partial charge in [0.1, 0.15) is 0 Å². The molecular weight excluding hydrogens is 455 g/mol. The zero-order valence-electron chi connectivity index (χ0n) is 18.0. The third kappa shape index (κ3) is 10.5. The van der Waals surface area contributed by atoms with Gasteiger partial charge in [-0.05, 0) is 52.4 Å². The summed E-state index contributed by atoms with van der Waals surface area (Å²) in [5, 5.41) is 9.94. The van der Waals surface area contributed by atoms with Gasteiger partial charge in [-0.3, -0.25) is 9.79 Å². The van der Waals surface area contributed by atoms with Crippen LogP contribution in [0, 0.1) is 11.8 Å². The maximum absolute atomic E-state index is 12.3. The van der Waals surface area contributed by atoms with Crippen LogP contribution in [0.4, 0.5) is 0 Å². The van der Waals surface area contributed by atoms with Crippen LogP contribution in [-0.4, -0.2) is 50.3 Å². The minimum Gasteiger partial charge on any atom is -0.378 e. The topological polar surface area (TPSA) is 74.8 Å². The van der Waals surface area contributed by atoms with Gasteiger partial charge in [0.25, 0.3) is 0 Å². The van der Waals surface area contributed by atoms with Gasteiger partial charge in [0.2, 0.25) is 5.91 Å². The average molecular weight is 496 g/mol. The number of halogens is 1. The van der Waals surface area contributed by atoms with Crippen molar-refractivity contribution >= 4 is 35.8 Å². The summed E-state index contributed by atoms with van der Waals surface area (Å²) in [4.78, 5) is 16.6. The summed E-state index contributed by atoms with van der Waals surface area (Å²) >= 11 is 0. The summed E-state index contributed by atoms with van der Waals surface area (Å²) in [6.45, 7) is 12.0. The second-order valence-electron chi connectivity index (χ2n) is 7.89. The highest BCUT2D eigenvalue weighted by molar-refractivity contribution is 14.0. The SMILES string of the molecule is CCOC(CCNC(=NC)NC1CCCC(C(=O)NC(C)C)C1)C(C)C.I. The predicted octanol–water partition coefficient (Wildman–Crippen LogP) is 3.30. The molecule has 0 aliphatic heterocycles. The van der Waals surface area contributed by atoms with Crippen LogP contribution in [-0.2, 0) is 9.53 Å². The summed E-state index contributed by atoms with van der Waals surface area (Å²) in [5.41, 5.74) is 0. The van der Waals surface area contributed by atoms with Crippen molar-refractivity contribution in [1.29, 1.82) is 0 Å². The van der Waals surface area contributed by atoms with E-state index < -0.39 is 0 Å². The van der Waals surface area contributed by atoms with Gasteiger partial charge in [-0.2, -0.15) is 0 Å². The van der Waals surface area contributed by atoms with E-state index in [1.54, 1.807) is 7.05 Å². The van der Waals surface area contributed by atoms with E-state index in [1.807, 2.05) is 20.8 Å². The first-order valence-electron chi connectivity index (χ1n) is 10.3. The molecule has 0 radical (unpaired) electrons. The molecule has 1 rings (SSSR count). The molecular formula is C20H41IN4O2. The number of carbonyl (C=O) groups excluding carboxylic acids is 1. The van der Waals surface area contributed by atoms with Crippen LogP contribution in [0.3, 0.4) is 0 Å². The van der Waals surface area contributed by atoms with Crippen LogP contribution >= 0.6 is 24.0 Å². The highest BCUT2D eigenvalue weighted by Crippen LogP contribution is 2.24. The van der Waals surface area contributed by atoms with E-state index in [0.29, 0.717) is 12.0 Å². The van der Waals surface area contributed by atoms with Crippen molar-refractivity contribution in [1.82, 2.24) is 16.0 Å². The van der Waals surface area contributed by atoms with E-state index in [4.69, 9.17) is 4.74 Å². The maximum Gasteiger partial charge on any atom is 0.223 e. The van der Waals surface area contributed by atoms with Gasteiger partial charge in [0.15, 0.2) is 5.96 Å². The quantitative estimate of drug-likeness (QED) is 0.260. The molecule has 0 saturated heterocycles. The minimum atomic E-state index is 0. The van der Waals surface area contributed by atoms with Crippen LogP contribution in [0.5, 0.6) is 0 Å². The monoisotopic (exact) mass is 496 g/mol. The Morgan fingerprint density at radius 3 is 2.48 bits per heavy atom. The number of amides is 1. The lowest BCUT2D eigenvalue weighted by molar-refractivity contribution is -0.126. The Balaban J connectivity index is 0.00000676. The van der Waals surface area contributed by atoms with Crippen LogP contribution in [0.25, 0.3) is 0 Å². The van der Waals surface area contributed by atoms with Gasteiger partial charge in [0.05, 0.1) is 6.10 Å². The van der Waals surface area contributed by atoms with Crippen LogP contribution in [0.2, 0.25) is 0 Å². The van der Waals surface area contributed by atoms with E-state index in [9.17, 15) is 4.79 Å². The fourth-order valence-corrected chi connectivity index (χ4v) is 3.51. The van der Waals surface area contributed by atoms with Crippen LogP contribution < -0.4 is 16.0 Å². The number of carbonyl (C=O) groups is 1. The minimum absolute atomic E-state index is 0. The van der Waals surface area contributed by atoms with Crippen molar-refractivity contribution in [2.24, 2.45) is 16.8 Å². The molecule has 1 saturated carbocycles. The highest BCUT2D eigenvalue weighted by Gasteiger charge is 2.28. The summed E-state index contributed by atoms with van der Waals surface area (Å²) < 4.78 is 5.80. The second-order valence-corrected chi connectivity index (χ2v) is 7.89. The van der Waals surface area contributed by atoms with Crippen molar-refractivity contribution in [3.63, 3.8) is 0 Å². The first kappa shape index (κ1) is 26.4. The zero-order valence-corrected chi connectivity index (χ0v) is 20.3. The Morgan fingerprint density at radius 2 is 1.93 bits per heavy atom. The van der Waals surface area contributed by atoms with Gasteiger partial charge in [0, 0.05) is 38.2 Å². The van der Waals surface area contributed by atoms with Crippen LogP contribution in [0.1, 0.15) is 66.7 Å². The standard InChI is InChI=1S/C20H40N4O2.HI/c1-7-26-18(14(2)3)11-12-22-20(21-6)24-17-10-8-9-16(13-17)19(25)23-15(4)5;/h14-18H,7-13H2,1-6H3,(H,23,25)(H2,21,22,24);1H. The molecule has 0 spiro atoms. The van der Waals surface area contributed by atoms with E-state index in [-0.39, 0.29) is 47.9 Å². The van der Waals surface area contributed by atoms with E-state index >= 15 is 0 Å².